The predicted molar refractivity (Wildman–Crippen MR) is 78.5 cm³/mol. The molecule has 4 nitrogen and oxygen atoms in total. The molecule has 0 aliphatic carbocycles. The number of piperidine rings is 1. The molecule has 20 heavy (non-hydrogen) atoms. The average Bonchev–Trinajstić information content (AvgIpc) is 2.45. The molecule has 1 aliphatic rings. The summed E-state index contributed by atoms with van der Waals surface area (Å²) in [7, 11) is 0. The lowest BCUT2D eigenvalue weighted by Crippen LogP contribution is -2.38. The van der Waals surface area contributed by atoms with Crippen LogP contribution in [-0.2, 0) is 11.3 Å². The smallest absolute Gasteiger partial charge is 0.272 e. The number of aromatic nitrogens is 1. The number of nitrogens with zero attached hydrogens (tertiary/aromatic N) is 2. The van der Waals surface area contributed by atoms with Gasteiger partial charge in [0.2, 0.25) is 0 Å². The van der Waals surface area contributed by atoms with E-state index >= 15 is 0 Å². The van der Waals surface area contributed by atoms with Gasteiger partial charge in [0.05, 0.1) is 18.4 Å². The summed E-state index contributed by atoms with van der Waals surface area (Å²) in [5.41, 5.74) is 1.35. The Hall–Kier alpha value is -1.42. The fourth-order valence-corrected chi connectivity index (χ4v) is 2.30. The van der Waals surface area contributed by atoms with Crippen molar-refractivity contribution in [3.8, 4) is 0 Å². The molecular weight excluding hydrogens is 252 g/mol. The van der Waals surface area contributed by atoms with Crippen LogP contribution in [0.1, 0.15) is 49.8 Å². The molecule has 1 saturated heterocycles. The lowest BCUT2D eigenvalue weighted by Gasteiger charge is -2.30. The van der Waals surface area contributed by atoms with Gasteiger partial charge in [-0.05, 0) is 44.7 Å². The minimum atomic E-state index is 0.0447. The number of ether oxygens (including phenoxy) is 1. The normalized spacial score (nSPS) is 16.7. The molecule has 110 valence electrons. The fraction of sp³-hybridized carbons (Fsp3) is 0.625. The maximum atomic E-state index is 12.4. The summed E-state index contributed by atoms with van der Waals surface area (Å²) in [6.45, 7) is 8.36. The summed E-state index contributed by atoms with van der Waals surface area (Å²) in [5.74, 6) is 0.765. The molecule has 0 bridgehead atoms. The van der Waals surface area contributed by atoms with Crippen molar-refractivity contribution in [2.75, 3.05) is 13.1 Å². The van der Waals surface area contributed by atoms with Gasteiger partial charge in [-0.15, -0.1) is 0 Å². The molecule has 0 spiro atoms. The van der Waals surface area contributed by atoms with Crippen LogP contribution in [-0.4, -0.2) is 35.0 Å². The minimum absolute atomic E-state index is 0.0447. The molecular formula is C16H24N2O2. The van der Waals surface area contributed by atoms with E-state index in [1.807, 2.05) is 30.9 Å². The van der Waals surface area contributed by atoms with Crippen molar-refractivity contribution in [3.05, 3.63) is 29.6 Å². The van der Waals surface area contributed by atoms with Crippen molar-refractivity contribution in [2.24, 2.45) is 5.92 Å². The third-order valence-electron chi connectivity index (χ3n) is 3.66. The highest BCUT2D eigenvalue weighted by Gasteiger charge is 2.22. The standard InChI is InChI=1S/C16H24N2O2/c1-12(2)20-11-14-5-4-6-15(17-14)16(19)18-9-7-13(3)8-10-18/h4-6,12-13H,7-11H2,1-3H3. The zero-order valence-electron chi connectivity index (χ0n) is 12.6. The Labute approximate surface area is 121 Å². The zero-order chi connectivity index (χ0) is 14.5. The first kappa shape index (κ1) is 15.0. The van der Waals surface area contributed by atoms with Crippen molar-refractivity contribution in [2.45, 2.75) is 46.3 Å². The third kappa shape index (κ3) is 4.04. The van der Waals surface area contributed by atoms with E-state index in [1.54, 1.807) is 6.07 Å². The van der Waals surface area contributed by atoms with Crippen LogP contribution in [0.25, 0.3) is 0 Å². The van der Waals surface area contributed by atoms with Crippen molar-refractivity contribution in [1.29, 1.82) is 0 Å². The molecule has 0 saturated carbocycles. The highest BCUT2D eigenvalue weighted by molar-refractivity contribution is 5.92. The number of amides is 1. The van der Waals surface area contributed by atoms with Crippen LogP contribution in [0, 0.1) is 5.92 Å². The molecule has 1 amide bonds. The van der Waals surface area contributed by atoms with Crippen molar-refractivity contribution in [1.82, 2.24) is 9.88 Å². The summed E-state index contributed by atoms with van der Waals surface area (Å²) < 4.78 is 5.53. The molecule has 0 unspecified atom stereocenters. The van der Waals surface area contributed by atoms with E-state index in [2.05, 4.69) is 11.9 Å². The van der Waals surface area contributed by atoms with Gasteiger partial charge in [-0.3, -0.25) is 4.79 Å². The molecule has 1 aromatic heterocycles. The maximum Gasteiger partial charge on any atom is 0.272 e. The van der Waals surface area contributed by atoms with Gasteiger partial charge in [-0.2, -0.15) is 0 Å². The maximum absolute atomic E-state index is 12.4. The number of pyridine rings is 1. The number of hydrogen-bond donors (Lipinski definition) is 0. The van der Waals surface area contributed by atoms with E-state index < -0.39 is 0 Å². The van der Waals surface area contributed by atoms with Crippen LogP contribution in [0.3, 0.4) is 0 Å². The summed E-state index contributed by atoms with van der Waals surface area (Å²) in [4.78, 5) is 18.8. The molecule has 1 fully saturated rings. The second-order valence-electron chi connectivity index (χ2n) is 5.85. The molecule has 0 radical (unpaired) electrons. The number of carbonyl (C=O) groups excluding carboxylic acids is 1. The number of likely N-dealkylation sites (tertiary alicyclic amines) is 1. The first-order chi connectivity index (χ1) is 9.56. The van der Waals surface area contributed by atoms with Gasteiger partial charge in [0.25, 0.3) is 5.91 Å². The summed E-state index contributed by atoms with van der Waals surface area (Å²) in [6.07, 6.45) is 2.34. The second kappa shape index (κ2) is 6.84. The van der Waals surface area contributed by atoms with Crippen LogP contribution in [0.5, 0.6) is 0 Å². The molecule has 2 rings (SSSR count). The third-order valence-corrected chi connectivity index (χ3v) is 3.66. The van der Waals surface area contributed by atoms with Crippen molar-refractivity contribution < 1.29 is 9.53 Å². The minimum Gasteiger partial charge on any atom is -0.373 e. The summed E-state index contributed by atoms with van der Waals surface area (Å²) in [5, 5.41) is 0. The molecule has 0 aromatic carbocycles. The molecule has 1 aliphatic heterocycles. The van der Waals surface area contributed by atoms with E-state index in [9.17, 15) is 4.79 Å². The molecule has 0 N–H and O–H groups in total. The average molecular weight is 276 g/mol. The van der Waals surface area contributed by atoms with Crippen LogP contribution in [0.4, 0.5) is 0 Å². The monoisotopic (exact) mass is 276 g/mol. The Morgan fingerprint density at radius 3 is 2.75 bits per heavy atom. The highest BCUT2D eigenvalue weighted by atomic mass is 16.5. The van der Waals surface area contributed by atoms with Crippen LogP contribution < -0.4 is 0 Å². The van der Waals surface area contributed by atoms with E-state index in [1.165, 1.54) is 0 Å². The van der Waals surface area contributed by atoms with Gasteiger partial charge < -0.3 is 9.64 Å². The Bertz CT molecular complexity index is 452. The van der Waals surface area contributed by atoms with Gasteiger partial charge in [0, 0.05) is 13.1 Å². The predicted octanol–water partition coefficient (Wildman–Crippen LogP) is 2.88. The van der Waals surface area contributed by atoms with Gasteiger partial charge in [-0.1, -0.05) is 13.0 Å². The van der Waals surface area contributed by atoms with Crippen LogP contribution in [0.15, 0.2) is 18.2 Å². The molecule has 0 atom stereocenters. The number of carbonyl (C=O) groups is 1. The quantitative estimate of drug-likeness (QED) is 0.849. The topological polar surface area (TPSA) is 42.4 Å². The van der Waals surface area contributed by atoms with Gasteiger partial charge in [-0.25, -0.2) is 4.98 Å². The van der Waals surface area contributed by atoms with Gasteiger partial charge >= 0.3 is 0 Å². The largest absolute Gasteiger partial charge is 0.373 e. The number of rotatable bonds is 4. The van der Waals surface area contributed by atoms with E-state index in [4.69, 9.17) is 4.74 Å². The molecule has 1 aromatic rings. The SMILES string of the molecule is CC1CCN(C(=O)c2cccc(COC(C)C)n2)CC1. The fourth-order valence-electron chi connectivity index (χ4n) is 2.30. The molecule has 4 heteroatoms. The first-order valence-corrected chi connectivity index (χ1v) is 7.43. The Morgan fingerprint density at radius 1 is 1.40 bits per heavy atom. The molecule has 2 heterocycles. The van der Waals surface area contributed by atoms with Gasteiger partial charge in [0.15, 0.2) is 0 Å². The van der Waals surface area contributed by atoms with Crippen molar-refractivity contribution >= 4 is 5.91 Å². The zero-order valence-corrected chi connectivity index (χ0v) is 12.6. The van der Waals surface area contributed by atoms with E-state index in [0.29, 0.717) is 12.3 Å². The number of hydrogen-bond acceptors (Lipinski definition) is 3. The van der Waals surface area contributed by atoms with Gasteiger partial charge in [0.1, 0.15) is 5.69 Å². The van der Waals surface area contributed by atoms with Crippen LogP contribution in [0.2, 0.25) is 0 Å². The first-order valence-electron chi connectivity index (χ1n) is 7.43. The van der Waals surface area contributed by atoms with Crippen molar-refractivity contribution in [3.63, 3.8) is 0 Å². The Balaban J connectivity index is 2.00. The Kier molecular flexibility index (Phi) is 5.12. The lowest BCUT2D eigenvalue weighted by atomic mass is 9.99. The summed E-state index contributed by atoms with van der Waals surface area (Å²) in [6, 6.07) is 5.57. The summed E-state index contributed by atoms with van der Waals surface area (Å²) >= 11 is 0. The van der Waals surface area contributed by atoms with E-state index in [0.717, 1.165) is 37.5 Å². The van der Waals surface area contributed by atoms with E-state index in [-0.39, 0.29) is 12.0 Å². The second-order valence-corrected chi connectivity index (χ2v) is 5.85. The van der Waals surface area contributed by atoms with Crippen LogP contribution >= 0.6 is 0 Å². The lowest BCUT2D eigenvalue weighted by molar-refractivity contribution is 0.0626. The Morgan fingerprint density at radius 2 is 2.10 bits per heavy atom. The highest BCUT2D eigenvalue weighted by Crippen LogP contribution is 2.17.